The second-order valence-electron chi connectivity index (χ2n) is 4.57. The van der Waals surface area contributed by atoms with E-state index in [1.165, 1.54) is 24.3 Å². The van der Waals surface area contributed by atoms with Crippen molar-refractivity contribution in [2.24, 2.45) is 0 Å². The normalized spacial score (nSPS) is 9.74. The number of non-ortho nitro benzene ring substituents is 1. The van der Waals surface area contributed by atoms with Crippen molar-refractivity contribution in [3.8, 4) is 0 Å². The molecule has 0 aliphatic heterocycles. The quantitative estimate of drug-likeness (QED) is 0.429. The molecule has 2 amide bonds. The van der Waals surface area contributed by atoms with Crippen LogP contribution in [-0.2, 0) is 9.59 Å². The summed E-state index contributed by atoms with van der Waals surface area (Å²) in [5.74, 6) is -0.976. The monoisotopic (exact) mass is 314 g/mol. The Bertz CT molecular complexity index is 701. The number of hydrogen-bond donors (Lipinski definition) is 3. The molecule has 2 aromatic carbocycles. The van der Waals surface area contributed by atoms with Crippen LogP contribution in [0.25, 0.3) is 0 Å². The van der Waals surface area contributed by atoms with Crippen molar-refractivity contribution < 1.29 is 14.5 Å². The van der Waals surface area contributed by atoms with Gasteiger partial charge in [0.1, 0.15) is 6.42 Å². The van der Waals surface area contributed by atoms with E-state index in [0.717, 1.165) is 0 Å². The van der Waals surface area contributed by atoms with Crippen molar-refractivity contribution in [1.29, 1.82) is 0 Å². The van der Waals surface area contributed by atoms with E-state index in [9.17, 15) is 19.7 Å². The van der Waals surface area contributed by atoms with E-state index < -0.39 is 16.7 Å². The van der Waals surface area contributed by atoms with E-state index >= 15 is 0 Å². The Labute approximate surface area is 131 Å². The first-order chi connectivity index (χ1) is 11.0. The fourth-order valence-corrected chi connectivity index (χ4v) is 1.73. The third-order valence-corrected chi connectivity index (χ3v) is 2.80. The van der Waals surface area contributed by atoms with Crippen LogP contribution in [-0.4, -0.2) is 16.7 Å². The largest absolute Gasteiger partial charge is 0.326 e. The second kappa shape index (κ2) is 7.55. The molecule has 8 heteroatoms. The van der Waals surface area contributed by atoms with E-state index in [2.05, 4.69) is 16.2 Å². The number of nitro benzene ring substituents is 1. The van der Waals surface area contributed by atoms with Crippen LogP contribution in [0.4, 0.5) is 17.1 Å². The lowest BCUT2D eigenvalue weighted by atomic mass is 10.3. The van der Waals surface area contributed by atoms with Gasteiger partial charge in [0, 0.05) is 17.8 Å². The zero-order valence-electron chi connectivity index (χ0n) is 12.0. The van der Waals surface area contributed by atoms with Gasteiger partial charge in [0.05, 0.1) is 10.6 Å². The summed E-state index contributed by atoms with van der Waals surface area (Å²) in [5, 5.41) is 13.1. The molecule has 8 nitrogen and oxygen atoms in total. The minimum absolute atomic E-state index is 0.0517. The Morgan fingerprint density at radius 2 is 1.57 bits per heavy atom. The number of hydrogen-bond acceptors (Lipinski definition) is 5. The highest BCUT2D eigenvalue weighted by molar-refractivity contribution is 6.03. The maximum absolute atomic E-state index is 11.7. The van der Waals surface area contributed by atoms with Gasteiger partial charge in [-0.25, -0.2) is 0 Å². The molecule has 2 aromatic rings. The molecule has 0 aliphatic carbocycles. The highest BCUT2D eigenvalue weighted by Crippen LogP contribution is 2.14. The van der Waals surface area contributed by atoms with Crippen LogP contribution in [0.5, 0.6) is 0 Å². The number of amides is 2. The molecule has 2 rings (SSSR count). The van der Waals surface area contributed by atoms with Crippen LogP contribution in [0.2, 0.25) is 0 Å². The fraction of sp³-hybridized carbons (Fsp3) is 0.0667. The molecule has 0 atom stereocenters. The third kappa shape index (κ3) is 5.12. The summed E-state index contributed by atoms with van der Waals surface area (Å²) in [4.78, 5) is 33.3. The summed E-state index contributed by atoms with van der Waals surface area (Å²) >= 11 is 0. The summed E-state index contributed by atoms with van der Waals surface area (Å²) in [5.41, 5.74) is 5.94. The lowest BCUT2D eigenvalue weighted by Crippen LogP contribution is -2.32. The number of nitro groups is 1. The van der Waals surface area contributed by atoms with Crippen molar-refractivity contribution in [2.45, 2.75) is 6.42 Å². The highest BCUT2D eigenvalue weighted by Gasteiger charge is 2.09. The molecule has 0 unspecified atom stereocenters. The van der Waals surface area contributed by atoms with Crippen molar-refractivity contribution in [1.82, 2.24) is 5.43 Å². The first-order valence-corrected chi connectivity index (χ1v) is 6.69. The van der Waals surface area contributed by atoms with E-state index in [4.69, 9.17) is 0 Å². The highest BCUT2D eigenvalue weighted by atomic mass is 16.6. The molecule has 118 valence electrons. The maximum atomic E-state index is 11.7. The smallest absolute Gasteiger partial charge is 0.269 e. The molecule has 0 saturated carbocycles. The summed E-state index contributed by atoms with van der Waals surface area (Å²) < 4.78 is 0. The van der Waals surface area contributed by atoms with Crippen LogP contribution >= 0.6 is 0 Å². The van der Waals surface area contributed by atoms with Gasteiger partial charge < -0.3 is 5.32 Å². The van der Waals surface area contributed by atoms with Gasteiger partial charge >= 0.3 is 0 Å². The number of benzene rings is 2. The lowest BCUT2D eigenvalue weighted by Gasteiger charge is -2.08. The van der Waals surface area contributed by atoms with Gasteiger partial charge in [0.25, 0.3) is 5.69 Å². The molecule has 0 radical (unpaired) electrons. The summed E-state index contributed by atoms with van der Waals surface area (Å²) in [6, 6.07) is 14.3. The number of para-hydroxylation sites is 1. The minimum atomic E-state index is -0.531. The van der Waals surface area contributed by atoms with Crippen LogP contribution < -0.4 is 16.2 Å². The predicted octanol–water partition coefficient (Wildman–Crippen LogP) is 2.07. The lowest BCUT2D eigenvalue weighted by molar-refractivity contribution is -0.384. The van der Waals surface area contributed by atoms with E-state index in [-0.39, 0.29) is 12.1 Å². The average molecular weight is 314 g/mol. The summed E-state index contributed by atoms with van der Waals surface area (Å²) in [7, 11) is 0. The number of rotatable bonds is 6. The number of nitrogens with zero attached hydrogens (tertiary/aromatic N) is 1. The topological polar surface area (TPSA) is 113 Å². The Kier molecular flexibility index (Phi) is 5.24. The van der Waals surface area contributed by atoms with Crippen LogP contribution in [0.3, 0.4) is 0 Å². The van der Waals surface area contributed by atoms with E-state index in [1.807, 2.05) is 6.07 Å². The van der Waals surface area contributed by atoms with Gasteiger partial charge in [-0.1, -0.05) is 18.2 Å². The zero-order chi connectivity index (χ0) is 16.7. The van der Waals surface area contributed by atoms with Gasteiger partial charge in [0.15, 0.2) is 0 Å². The van der Waals surface area contributed by atoms with Gasteiger partial charge in [0.2, 0.25) is 11.8 Å². The van der Waals surface area contributed by atoms with Gasteiger partial charge in [-0.05, 0) is 24.3 Å². The molecule has 0 spiro atoms. The fourth-order valence-electron chi connectivity index (χ4n) is 1.73. The molecule has 0 fully saturated rings. The van der Waals surface area contributed by atoms with Crippen LogP contribution in [0, 0.1) is 10.1 Å². The Morgan fingerprint density at radius 1 is 0.913 bits per heavy atom. The molecule has 0 heterocycles. The Hall–Kier alpha value is -3.42. The van der Waals surface area contributed by atoms with Crippen molar-refractivity contribution in [3.63, 3.8) is 0 Å². The zero-order valence-corrected chi connectivity index (χ0v) is 12.0. The third-order valence-electron chi connectivity index (χ3n) is 2.80. The maximum Gasteiger partial charge on any atom is 0.269 e. The van der Waals surface area contributed by atoms with Crippen molar-refractivity contribution in [3.05, 3.63) is 64.7 Å². The summed E-state index contributed by atoms with van der Waals surface area (Å²) in [6.45, 7) is 0. The Morgan fingerprint density at radius 3 is 2.17 bits per heavy atom. The first-order valence-electron chi connectivity index (χ1n) is 6.69. The summed E-state index contributed by atoms with van der Waals surface area (Å²) in [6.07, 6.45) is -0.352. The number of hydrazine groups is 1. The minimum Gasteiger partial charge on any atom is -0.326 e. The predicted molar refractivity (Wildman–Crippen MR) is 84.6 cm³/mol. The van der Waals surface area contributed by atoms with Gasteiger partial charge in [-0.15, -0.1) is 0 Å². The van der Waals surface area contributed by atoms with Crippen molar-refractivity contribution in [2.75, 3.05) is 10.7 Å². The van der Waals surface area contributed by atoms with Crippen LogP contribution in [0.15, 0.2) is 54.6 Å². The molecule has 0 aromatic heterocycles. The van der Waals surface area contributed by atoms with Gasteiger partial charge in [-0.2, -0.15) is 0 Å². The SMILES string of the molecule is O=C(CC(=O)Nc1ccccc1)NNc1ccc([N+](=O)[O-])cc1. The standard InChI is InChI=1S/C15H14N4O4/c20-14(16-11-4-2-1-3-5-11)10-15(21)18-17-12-6-8-13(9-7-12)19(22)23/h1-9,17H,10H2,(H,16,20)(H,18,21). The van der Waals surface area contributed by atoms with Gasteiger partial charge in [-0.3, -0.25) is 30.6 Å². The average Bonchev–Trinajstić information content (AvgIpc) is 2.54. The number of carbonyl (C=O) groups is 2. The molecule has 0 bridgehead atoms. The number of carbonyl (C=O) groups excluding carboxylic acids is 2. The Balaban J connectivity index is 1.78. The first kappa shape index (κ1) is 16.0. The number of anilines is 2. The molecule has 0 aliphatic rings. The molecular formula is C15H14N4O4. The molecular weight excluding hydrogens is 300 g/mol. The second-order valence-corrected chi connectivity index (χ2v) is 4.57. The van der Waals surface area contributed by atoms with E-state index in [1.54, 1.807) is 24.3 Å². The van der Waals surface area contributed by atoms with E-state index in [0.29, 0.717) is 11.4 Å². The van der Waals surface area contributed by atoms with Crippen LogP contribution in [0.1, 0.15) is 6.42 Å². The molecule has 0 saturated heterocycles. The molecule has 23 heavy (non-hydrogen) atoms. The van der Waals surface area contributed by atoms with Crippen molar-refractivity contribution >= 4 is 28.9 Å². The molecule has 3 N–H and O–H groups in total. The number of nitrogens with one attached hydrogen (secondary N) is 3.